The lowest BCUT2D eigenvalue weighted by molar-refractivity contribution is 0.0692. The number of carboxylic acid groups (broad SMARTS) is 1. The van der Waals surface area contributed by atoms with Crippen molar-refractivity contribution >= 4 is 5.97 Å². The number of hydrogen-bond donors (Lipinski definition) is 1. The van der Waals surface area contributed by atoms with Crippen molar-refractivity contribution in [1.29, 1.82) is 0 Å². The van der Waals surface area contributed by atoms with E-state index in [0.717, 1.165) is 5.56 Å². The minimum absolute atomic E-state index is 0.208. The third kappa shape index (κ3) is 3.13. The van der Waals surface area contributed by atoms with Crippen molar-refractivity contribution in [3.8, 4) is 5.75 Å². The largest absolute Gasteiger partial charge is 0.489 e. The molecule has 0 spiro atoms. The van der Waals surface area contributed by atoms with Gasteiger partial charge in [0.25, 0.3) is 0 Å². The Morgan fingerprint density at radius 1 is 1.53 bits per heavy atom. The normalized spacial score (nSPS) is 10.5. The third-order valence-corrected chi connectivity index (χ3v) is 1.94. The number of ether oxygens (including phenoxy) is 1. The van der Waals surface area contributed by atoms with E-state index in [-0.39, 0.29) is 5.56 Å². The van der Waals surface area contributed by atoms with Gasteiger partial charge in [-0.2, -0.15) is 0 Å². The summed E-state index contributed by atoms with van der Waals surface area (Å²) in [4.78, 5) is 10.9. The first-order chi connectivity index (χ1) is 7.15. The first-order valence-corrected chi connectivity index (χ1v) is 4.73. The number of carboxylic acids is 1. The van der Waals surface area contributed by atoms with E-state index in [0.29, 0.717) is 12.4 Å². The molecule has 1 N–H and O–H groups in total. The molecule has 1 aromatic rings. The summed E-state index contributed by atoms with van der Waals surface area (Å²) in [6.07, 6.45) is 3.68. The fourth-order valence-electron chi connectivity index (χ4n) is 1.17. The van der Waals surface area contributed by atoms with Crippen LogP contribution in [0.25, 0.3) is 0 Å². The molecule has 0 bridgehead atoms. The fourth-order valence-corrected chi connectivity index (χ4v) is 1.17. The maximum atomic E-state index is 10.9. The molecule has 15 heavy (non-hydrogen) atoms. The number of carbonyl (C=O) groups is 1. The van der Waals surface area contributed by atoms with Gasteiger partial charge in [0.15, 0.2) is 0 Å². The first kappa shape index (κ1) is 11.3. The van der Waals surface area contributed by atoms with E-state index in [1.165, 1.54) is 0 Å². The zero-order chi connectivity index (χ0) is 11.3. The maximum absolute atomic E-state index is 10.9. The van der Waals surface area contributed by atoms with Gasteiger partial charge >= 0.3 is 5.97 Å². The predicted molar refractivity (Wildman–Crippen MR) is 58.4 cm³/mol. The molecule has 0 aliphatic rings. The molecule has 80 valence electrons. The molecule has 0 radical (unpaired) electrons. The fraction of sp³-hybridized carbons (Fsp3) is 0.250. The van der Waals surface area contributed by atoms with Crippen molar-refractivity contribution in [3.05, 3.63) is 41.5 Å². The van der Waals surface area contributed by atoms with Gasteiger partial charge in [0, 0.05) is 0 Å². The van der Waals surface area contributed by atoms with Crippen molar-refractivity contribution in [2.45, 2.75) is 13.8 Å². The molecule has 3 nitrogen and oxygen atoms in total. The molecule has 0 aromatic heterocycles. The van der Waals surface area contributed by atoms with Gasteiger partial charge in [-0.1, -0.05) is 23.8 Å². The van der Waals surface area contributed by atoms with Crippen molar-refractivity contribution in [2.75, 3.05) is 6.61 Å². The summed E-state index contributed by atoms with van der Waals surface area (Å²) in [5.74, 6) is -0.555. The van der Waals surface area contributed by atoms with Gasteiger partial charge in [-0.05, 0) is 26.0 Å². The molecular weight excluding hydrogens is 192 g/mol. The van der Waals surface area contributed by atoms with Crippen LogP contribution in [0.15, 0.2) is 30.4 Å². The van der Waals surface area contributed by atoms with Gasteiger partial charge in [-0.3, -0.25) is 0 Å². The summed E-state index contributed by atoms with van der Waals surface area (Å²) >= 11 is 0. The van der Waals surface area contributed by atoms with Crippen molar-refractivity contribution in [1.82, 2.24) is 0 Å². The monoisotopic (exact) mass is 206 g/mol. The summed E-state index contributed by atoms with van der Waals surface area (Å²) in [6, 6.07) is 5.12. The van der Waals surface area contributed by atoms with Gasteiger partial charge < -0.3 is 9.84 Å². The highest BCUT2D eigenvalue weighted by Gasteiger charge is 2.10. The number of benzene rings is 1. The van der Waals surface area contributed by atoms with E-state index in [1.54, 1.807) is 12.1 Å². The minimum atomic E-state index is -0.964. The summed E-state index contributed by atoms with van der Waals surface area (Å²) in [6.45, 7) is 4.12. The quantitative estimate of drug-likeness (QED) is 0.770. The van der Waals surface area contributed by atoms with Crippen LogP contribution in [0.3, 0.4) is 0 Å². The predicted octanol–water partition coefficient (Wildman–Crippen LogP) is 2.65. The van der Waals surface area contributed by atoms with E-state index in [2.05, 4.69) is 0 Å². The lowest BCUT2D eigenvalue weighted by Crippen LogP contribution is -2.03. The number of hydrogen-bond acceptors (Lipinski definition) is 2. The highest BCUT2D eigenvalue weighted by Crippen LogP contribution is 2.19. The van der Waals surface area contributed by atoms with Crippen molar-refractivity contribution < 1.29 is 14.6 Å². The van der Waals surface area contributed by atoms with Crippen LogP contribution < -0.4 is 4.74 Å². The standard InChI is InChI=1S/C12H14O3/c1-3-4-7-15-11-6-5-9(2)8-10(11)12(13)14/h3-6,8H,7H2,1-2H3,(H,13,14)/b4-3+. The van der Waals surface area contributed by atoms with Gasteiger partial charge in [0.1, 0.15) is 17.9 Å². The Bertz CT molecular complexity index is 380. The minimum Gasteiger partial charge on any atom is -0.489 e. The average molecular weight is 206 g/mol. The van der Waals surface area contributed by atoms with Crippen molar-refractivity contribution in [2.24, 2.45) is 0 Å². The Morgan fingerprint density at radius 2 is 2.27 bits per heavy atom. The zero-order valence-electron chi connectivity index (χ0n) is 8.86. The van der Waals surface area contributed by atoms with Gasteiger partial charge in [0.2, 0.25) is 0 Å². The van der Waals surface area contributed by atoms with Gasteiger partial charge in [0.05, 0.1) is 0 Å². The Balaban J connectivity index is 2.90. The Morgan fingerprint density at radius 3 is 2.87 bits per heavy atom. The molecule has 0 aliphatic carbocycles. The zero-order valence-corrected chi connectivity index (χ0v) is 8.86. The number of aromatic carboxylic acids is 1. The Hall–Kier alpha value is -1.77. The van der Waals surface area contributed by atoms with Gasteiger partial charge in [-0.15, -0.1) is 0 Å². The number of rotatable bonds is 4. The van der Waals surface area contributed by atoms with Crippen LogP contribution in [0.2, 0.25) is 0 Å². The average Bonchev–Trinajstić information content (AvgIpc) is 2.20. The first-order valence-electron chi connectivity index (χ1n) is 4.73. The van der Waals surface area contributed by atoms with E-state index in [1.807, 2.05) is 32.1 Å². The molecule has 0 amide bonds. The summed E-state index contributed by atoms with van der Waals surface area (Å²) in [5.41, 5.74) is 1.12. The van der Waals surface area contributed by atoms with Crippen LogP contribution in [-0.4, -0.2) is 17.7 Å². The lowest BCUT2D eigenvalue weighted by Gasteiger charge is -2.07. The summed E-state index contributed by atoms with van der Waals surface area (Å²) in [5, 5.41) is 8.95. The number of aryl methyl sites for hydroxylation is 1. The van der Waals surface area contributed by atoms with E-state index < -0.39 is 5.97 Å². The molecule has 0 atom stereocenters. The highest BCUT2D eigenvalue weighted by molar-refractivity contribution is 5.91. The van der Waals surface area contributed by atoms with Gasteiger partial charge in [-0.25, -0.2) is 4.79 Å². The second-order valence-corrected chi connectivity index (χ2v) is 3.18. The molecule has 1 rings (SSSR count). The molecule has 0 saturated carbocycles. The molecular formula is C12H14O3. The van der Waals surface area contributed by atoms with Crippen LogP contribution in [-0.2, 0) is 0 Å². The molecule has 0 saturated heterocycles. The Kier molecular flexibility index (Phi) is 3.92. The summed E-state index contributed by atoms with van der Waals surface area (Å²) in [7, 11) is 0. The highest BCUT2D eigenvalue weighted by atomic mass is 16.5. The molecule has 0 fully saturated rings. The van der Waals surface area contributed by atoms with E-state index in [4.69, 9.17) is 9.84 Å². The lowest BCUT2D eigenvalue weighted by atomic mass is 10.1. The second kappa shape index (κ2) is 5.20. The molecule has 0 unspecified atom stereocenters. The smallest absolute Gasteiger partial charge is 0.339 e. The molecule has 0 aliphatic heterocycles. The number of allylic oxidation sites excluding steroid dienone is 1. The summed E-state index contributed by atoms with van der Waals surface area (Å²) < 4.78 is 5.33. The van der Waals surface area contributed by atoms with E-state index in [9.17, 15) is 4.79 Å². The maximum Gasteiger partial charge on any atom is 0.339 e. The van der Waals surface area contributed by atoms with Crippen LogP contribution >= 0.6 is 0 Å². The van der Waals surface area contributed by atoms with E-state index >= 15 is 0 Å². The Labute approximate surface area is 89.0 Å². The topological polar surface area (TPSA) is 46.5 Å². The molecule has 0 heterocycles. The van der Waals surface area contributed by atoms with Crippen LogP contribution in [0.5, 0.6) is 5.75 Å². The molecule has 1 aromatic carbocycles. The van der Waals surface area contributed by atoms with Crippen LogP contribution in [0.1, 0.15) is 22.8 Å². The van der Waals surface area contributed by atoms with Crippen molar-refractivity contribution in [3.63, 3.8) is 0 Å². The SMILES string of the molecule is C/C=C/COc1ccc(C)cc1C(=O)O. The second-order valence-electron chi connectivity index (χ2n) is 3.18. The molecule has 3 heteroatoms. The van der Waals surface area contributed by atoms with Crippen LogP contribution in [0, 0.1) is 6.92 Å². The van der Waals surface area contributed by atoms with Crippen LogP contribution in [0.4, 0.5) is 0 Å². The third-order valence-electron chi connectivity index (χ3n) is 1.94.